The summed E-state index contributed by atoms with van der Waals surface area (Å²) in [6, 6.07) is 6.27. The molecule has 0 bridgehead atoms. The number of anilines is 1. The van der Waals surface area contributed by atoms with Gasteiger partial charge in [-0.3, -0.25) is 0 Å². The molecular formula is C15H17N3. The molecule has 0 saturated heterocycles. The molecule has 0 unspecified atom stereocenters. The standard InChI is InChI=1S/C15H17N3/c1-5-8-18-12(4)17-14(15(18)16)13-9-10(2)6-7-11(13)3/h1,6-7,9H,8,16H2,2-4H3. The van der Waals surface area contributed by atoms with Crippen LogP contribution in [0.15, 0.2) is 18.2 Å². The molecule has 0 saturated carbocycles. The van der Waals surface area contributed by atoms with E-state index in [0.717, 1.165) is 22.6 Å². The quantitative estimate of drug-likeness (QED) is 0.819. The summed E-state index contributed by atoms with van der Waals surface area (Å²) in [6.07, 6.45) is 5.35. The summed E-state index contributed by atoms with van der Waals surface area (Å²) in [4.78, 5) is 4.54. The van der Waals surface area contributed by atoms with Crippen molar-refractivity contribution in [1.29, 1.82) is 0 Å². The second kappa shape index (κ2) is 4.58. The third kappa shape index (κ3) is 1.98. The van der Waals surface area contributed by atoms with E-state index in [9.17, 15) is 0 Å². The fourth-order valence-corrected chi connectivity index (χ4v) is 2.06. The van der Waals surface area contributed by atoms with Crippen molar-refractivity contribution in [3.8, 4) is 23.6 Å². The second-order valence-corrected chi connectivity index (χ2v) is 4.50. The van der Waals surface area contributed by atoms with E-state index < -0.39 is 0 Å². The summed E-state index contributed by atoms with van der Waals surface area (Å²) in [5.41, 5.74) is 10.4. The van der Waals surface area contributed by atoms with Gasteiger partial charge in [-0.15, -0.1) is 6.42 Å². The fraction of sp³-hybridized carbons (Fsp3) is 0.267. The van der Waals surface area contributed by atoms with E-state index in [0.29, 0.717) is 12.4 Å². The topological polar surface area (TPSA) is 43.8 Å². The minimum absolute atomic E-state index is 0.454. The van der Waals surface area contributed by atoms with Crippen LogP contribution in [0.3, 0.4) is 0 Å². The molecule has 3 heteroatoms. The molecule has 0 spiro atoms. The molecule has 0 aliphatic rings. The van der Waals surface area contributed by atoms with Gasteiger partial charge in [0.2, 0.25) is 0 Å². The molecule has 0 radical (unpaired) electrons. The lowest BCUT2D eigenvalue weighted by Crippen LogP contribution is -2.03. The van der Waals surface area contributed by atoms with E-state index in [2.05, 4.69) is 43.0 Å². The van der Waals surface area contributed by atoms with Gasteiger partial charge in [0.1, 0.15) is 17.3 Å². The normalized spacial score (nSPS) is 10.3. The van der Waals surface area contributed by atoms with Crippen LogP contribution in [0.1, 0.15) is 17.0 Å². The van der Waals surface area contributed by atoms with Gasteiger partial charge in [-0.25, -0.2) is 4.98 Å². The Morgan fingerprint density at radius 2 is 2.06 bits per heavy atom. The van der Waals surface area contributed by atoms with Crippen molar-refractivity contribution in [2.24, 2.45) is 0 Å². The van der Waals surface area contributed by atoms with Gasteiger partial charge in [-0.1, -0.05) is 23.6 Å². The van der Waals surface area contributed by atoms with Crippen molar-refractivity contribution in [3.63, 3.8) is 0 Å². The molecule has 1 heterocycles. The Labute approximate surface area is 108 Å². The van der Waals surface area contributed by atoms with Crippen molar-refractivity contribution >= 4 is 5.82 Å². The number of aromatic nitrogens is 2. The van der Waals surface area contributed by atoms with Crippen molar-refractivity contribution in [1.82, 2.24) is 9.55 Å². The summed E-state index contributed by atoms with van der Waals surface area (Å²) < 4.78 is 1.86. The first-order valence-corrected chi connectivity index (χ1v) is 5.88. The van der Waals surface area contributed by atoms with Gasteiger partial charge < -0.3 is 10.3 Å². The lowest BCUT2D eigenvalue weighted by atomic mass is 10.0. The van der Waals surface area contributed by atoms with Crippen molar-refractivity contribution in [3.05, 3.63) is 35.2 Å². The van der Waals surface area contributed by atoms with E-state index >= 15 is 0 Å². The third-order valence-corrected chi connectivity index (χ3v) is 3.10. The zero-order valence-electron chi connectivity index (χ0n) is 11.0. The number of hydrogen-bond donors (Lipinski definition) is 1. The maximum absolute atomic E-state index is 6.15. The Bertz CT molecular complexity index is 630. The number of nitrogens with two attached hydrogens (primary N) is 1. The minimum atomic E-state index is 0.454. The van der Waals surface area contributed by atoms with Gasteiger partial charge in [0, 0.05) is 5.56 Å². The van der Waals surface area contributed by atoms with Crippen LogP contribution in [0.25, 0.3) is 11.3 Å². The summed E-state index contributed by atoms with van der Waals surface area (Å²) in [6.45, 7) is 6.49. The SMILES string of the molecule is C#CCn1c(C)nc(-c2cc(C)ccc2C)c1N. The van der Waals surface area contributed by atoms with Crippen LogP contribution >= 0.6 is 0 Å². The molecule has 2 aromatic rings. The first-order chi connectivity index (χ1) is 8.54. The second-order valence-electron chi connectivity index (χ2n) is 4.50. The number of nitrogen functional groups attached to an aromatic ring is 1. The lowest BCUT2D eigenvalue weighted by Gasteiger charge is -2.06. The predicted octanol–water partition coefficient (Wildman–Crippen LogP) is 2.69. The van der Waals surface area contributed by atoms with E-state index in [1.807, 2.05) is 11.5 Å². The fourth-order valence-electron chi connectivity index (χ4n) is 2.06. The van der Waals surface area contributed by atoms with Gasteiger partial charge in [-0.05, 0) is 32.4 Å². The van der Waals surface area contributed by atoms with Gasteiger partial charge in [-0.2, -0.15) is 0 Å². The molecule has 2 N–H and O–H groups in total. The third-order valence-electron chi connectivity index (χ3n) is 3.10. The van der Waals surface area contributed by atoms with Crippen LogP contribution in [0.2, 0.25) is 0 Å². The summed E-state index contributed by atoms with van der Waals surface area (Å²) in [5.74, 6) is 4.09. The van der Waals surface area contributed by atoms with Crippen LogP contribution in [-0.4, -0.2) is 9.55 Å². The molecule has 18 heavy (non-hydrogen) atoms. The highest BCUT2D eigenvalue weighted by Gasteiger charge is 2.14. The maximum atomic E-state index is 6.15. The first-order valence-electron chi connectivity index (χ1n) is 5.88. The van der Waals surface area contributed by atoms with Crippen LogP contribution in [0, 0.1) is 33.1 Å². The monoisotopic (exact) mass is 239 g/mol. The average molecular weight is 239 g/mol. The summed E-state index contributed by atoms with van der Waals surface area (Å²) in [5, 5.41) is 0. The highest BCUT2D eigenvalue weighted by Crippen LogP contribution is 2.29. The van der Waals surface area contributed by atoms with E-state index in [4.69, 9.17) is 12.2 Å². The zero-order valence-corrected chi connectivity index (χ0v) is 11.0. The molecule has 1 aromatic heterocycles. The average Bonchev–Trinajstić information content (AvgIpc) is 2.61. The van der Waals surface area contributed by atoms with Crippen LogP contribution in [-0.2, 0) is 6.54 Å². The molecule has 3 nitrogen and oxygen atoms in total. The number of imidazole rings is 1. The molecule has 92 valence electrons. The molecule has 2 rings (SSSR count). The number of nitrogens with zero attached hydrogens (tertiary/aromatic N) is 2. The highest BCUT2D eigenvalue weighted by atomic mass is 15.1. The molecule has 0 fully saturated rings. The summed E-state index contributed by atoms with van der Waals surface area (Å²) >= 11 is 0. The molecule has 0 aliphatic carbocycles. The number of rotatable bonds is 2. The van der Waals surface area contributed by atoms with E-state index in [1.165, 1.54) is 5.56 Å². The van der Waals surface area contributed by atoms with Gasteiger partial charge in [0.15, 0.2) is 0 Å². The van der Waals surface area contributed by atoms with Crippen molar-refractivity contribution < 1.29 is 0 Å². The Morgan fingerprint density at radius 1 is 1.33 bits per heavy atom. The number of hydrogen-bond acceptors (Lipinski definition) is 2. The predicted molar refractivity (Wildman–Crippen MR) is 75.1 cm³/mol. The van der Waals surface area contributed by atoms with Crippen LogP contribution in [0.4, 0.5) is 5.82 Å². The van der Waals surface area contributed by atoms with Crippen molar-refractivity contribution in [2.45, 2.75) is 27.3 Å². The van der Waals surface area contributed by atoms with E-state index in [-0.39, 0.29) is 0 Å². The number of terminal acetylenes is 1. The Balaban J connectivity index is 2.62. The summed E-state index contributed by atoms with van der Waals surface area (Å²) in [7, 11) is 0. The van der Waals surface area contributed by atoms with Gasteiger partial charge in [0.05, 0.1) is 6.54 Å². The van der Waals surface area contributed by atoms with E-state index in [1.54, 1.807) is 0 Å². The Morgan fingerprint density at radius 3 is 2.72 bits per heavy atom. The molecule has 1 aromatic carbocycles. The minimum Gasteiger partial charge on any atom is -0.383 e. The molecule has 0 aliphatic heterocycles. The largest absolute Gasteiger partial charge is 0.383 e. The number of benzene rings is 1. The van der Waals surface area contributed by atoms with Gasteiger partial charge >= 0.3 is 0 Å². The Kier molecular flexibility index (Phi) is 3.12. The smallest absolute Gasteiger partial charge is 0.132 e. The van der Waals surface area contributed by atoms with Gasteiger partial charge in [0.25, 0.3) is 0 Å². The lowest BCUT2D eigenvalue weighted by molar-refractivity contribution is 0.807. The molecule has 0 amide bonds. The highest BCUT2D eigenvalue weighted by molar-refractivity contribution is 5.74. The Hall–Kier alpha value is -2.21. The molecular weight excluding hydrogens is 222 g/mol. The van der Waals surface area contributed by atoms with Crippen LogP contribution in [0.5, 0.6) is 0 Å². The number of aryl methyl sites for hydroxylation is 3. The maximum Gasteiger partial charge on any atom is 0.132 e. The van der Waals surface area contributed by atoms with Crippen molar-refractivity contribution in [2.75, 3.05) is 5.73 Å². The molecule has 0 atom stereocenters. The first kappa shape index (κ1) is 12.3. The zero-order chi connectivity index (χ0) is 13.3. The van der Waals surface area contributed by atoms with Crippen LogP contribution < -0.4 is 5.73 Å².